The highest BCUT2D eigenvalue weighted by molar-refractivity contribution is 6.00. The van der Waals surface area contributed by atoms with E-state index in [0.29, 0.717) is 24.9 Å². The molecule has 4 fully saturated rings. The van der Waals surface area contributed by atoms with Gasteiger partial charge >= 0.3 is 0 Å². The molecule has 0 spiro atoms. The summed E-state index contributed by atoms with van der Waals surface area (Å²) in [5.41, 5.74) is 2.61. The zero-order valence-electron chi connectivity index (χ0n) is 17.3. The first-order valence-corrected chi connectivity index (χ1v) is 11.3. The fourth-order valence-electron chi connectivity index (χ4n) is 7.22. The maximum absolute atomic E-state index is 13.0. The van der Waals surface area contributed by atoms with Gasteiger partial charge in [-0.1, -0.05) is 6.07 Å². The molecule has 4 bridgehead atoms. The van der Waals surface area contributed by atoms with Crippen LogP contribution in [0.4, 0.5) is 5.69 Å². The number of rotatable bonds is 5. The van der Waals surface area contributed by atoms with Crippen molar-refractivity contribution in [1.29, 1.82) is 0 Å². The van der Waals surface area contributed by atoms with Gasteiger partial charge in [-0.15, -0.1) is 0 Å². The van der Waals surface area contributed by atoms with E-state index in [1.165, 1.54) is 38.5 Å². The average Bonchev–Trinajstić information content (AvgIpc) is 2.66. The minimum Gasteiger partial charge on any atom is -0.394 e. The highest BCUT2D eigenvalue weighted by atomic mass is 16.3. The number of nitrogens with one attached hydrogen (secondary N) is 1. The minimum absolute atomic E-state index is 0.0391. The van der Waals surface area contributed by atoms with E-state index >= 15 is 0 Å². The van der Waals surface area contributed by atoms with E-state index < -0.39 is 0 Å². The third kappa shape index (κ3) is 3.37. The molecule has 1 aromatic carbocycles. The molecule has 4 saturated carbocycles. The van der Waals surface area contributed by atoms with Crippen molar-refractivity contribution in [2.45, 2.75) is 64.3 Å². The Labute approximate surface area is 172 Å². The number of carbonyl (C=O) groups is 2. The number of anilines is 1. The lowest BCUT2D eigenvalue weighted by atomic mass is 9.49. The Hall–Kier alpha value is -1.88. The fraction of sp³-hybridized carbons (Fsp3) is 0.667. The van der Waals surface area contributed by atoms with Crippen molar-refractivity contribution in [1.82, 2.24) is 4.90 Å². The second-order valence-electron chi connectivity index (χ2n) is 10.3. The molecule has 2 N–H and O–H groups in total. The van der Waals surface area contributed by atoms with Crippen LogP contribution in [0, 0.1) is 23.2 Å². The van der Waals surface area contributed by atoms with Crippen LogP contribution in [0.15, 0.2) is 18.2 Å². The number of hydrogen-bond donors (Lipinski definition) is 2. The summed E-state index contributed by atoms with van der Waals surface area (Å²) in [5, 5.41) is 12.6. The average molecular weight is 397 g/mol. The Morgan fingerprint density at radius 2 is 1.86 bits per heavy atom. The van der Waals surface area contributed by atoms with Gasteiger partial charge in [0.15, 0.2) is 0 Å². The molecule has 1 heterocycles. The quantitative estimate of drug-likeness (QED) is 0.799. The molecule has 1 aromatic rings. The monoisotopic (exact) mass is 396 g/mol. The summed E-state index contributed by atoms with van der Waals surface area (Å²) in [7, 11) is 0. The van der Waals surface area contributed by atoms with Crippen molar-refractivity contribution in [3.05, 3.63) is 29.3 Å². The molecule has 29 heavy (non-hydrogen) atoms. The molecule has 5 heteroatoms. The van der Waals surface area contributed by atoms with Gasteiger partial charge in [0.25, 0.3) is 5.91 Å². The molecule has 5 aliphatic rings. The van der Waals surface area contributed by atoms with Gasteiger partial charge in [0, 0.05) is 24.2 Å². The van der Waals surface area contributed by atoms with Gasteiger partial charge < -0.3 is 15.3 Å². The largest absolute Gasteiger partial charge is 0.394 e. The van der Waals surface area contributed by atoms with Crippen LogP contribution in [-0.4, -0.2) is 41.0 Å². The third-order valence-electron chi connectivity index (χ3n) is 8.04. The Balaban J connectivity index is 1.31. The molecule has 156 valence electrons. The number of benzene rings is 1. The van der Waals surface area contributed by atoms with E-state index in [9.17, 15) is 14.7 Å². The molecule has 1 atom stereocenters. The number of nitrogens with zero attached hydrogens (tertiary/aromatic N) is 1. The first-order valence-electron chi connectivity index (χ1n) is 11.3. The molecule has 4 aliphatic carbocycles. The second-order valence-corrected chi connectivity index (χ2v) is 10.3. The van der Waals surface area contributed by atoms with Gasteiger partial charge in [-0.3, -0.25) is 9.59 Å². The summed E-state index contributed by atoms with van der Waals surface area (Å²) in [4.78, 5) is 27.6. The first-order chi connectivity index (χ1) is 14.0. The zero-order valence-corrected chi connectivity index (χ0v) is 17.3. The van der Waals surface area contributed by atoms with Crippen molar-refractivity contribution >= 4 is 17.5 Å². The van der Waals surface area contributed by atoms with Gasteiger partial charge in [0.1, 0.15) is 0 Å². The standard InChI is InChI=1S/C24H32N2O3/c1-15(14-27)26-6-5-19-20(23(26)29)3-2-4-21(19)25-22(28)13-24-10-16-7-17(11-24)9-18(8-16)12-24/h2-4,15-18,27H,5-14H2,1H3,(H,25,28)/t15-,16?,17?,18?,24?/m0/s1. The number of carbonyl (C=O) groups excluding carboxylic acids is 2. The van der Waals surface area contributed by atoms with Crippen molar-refractivity contribution in [2.75, 3.05) is 18.5 Å². The Bertz CT molecular complexity index is 798. The lowest BCUT2D eigenvalue weighted by Gasteiger charge is -2.56. The molecule has 0 unspecified atom stereocenters. The number of fused-ring (bicyclic) bond motifs is 1. The number of aliphatic hydroxyl groups excluding tert-OH is 1. The Morgan fingerprint density at radius 3 is 2.48 bits per heavy atom. The van der Waals surface area contributed by atoms with E-state index in [4.69, 9.17) is 0 Å². The van der Waals surface area contributed by atoms with Crippen molar-refractivity contribution in [3.8, 4) is 0 Å². The van der Waals surface area contributed by atoms with Crippen LogP contribution < -0.4 is 5.32 Å². The van der Waals surface area contributed by atoms with E-state index in [-0.39, 0.29) is 29.9 Å². The molecule has 5 nitrogen and oxygen atoms in total. The summed E-state index contributed by atoms with van der Waals surface area (Å²) >= 11 is 0. The number of aliphatic hydroxyl groups is 1. The minimum atomic E-state index is -0.190. The van der Waals surface area contributed by atoms with Crippen LogP contribution in [0.3, 0.4) is 0 Å². The van der Waals surface area contributed by atoms with Crippen LogP contribution >= 0.6 is 0 Å². The molecule has 1 aliphatic heterocycles. The van der Waals surface area contributed by atoms with Crippen molar-refractivity contribution < 1.29 is 14.7 Å². The predicted octanol–water partition coefficient (Wildman–Crippen LogP) is 3.61. The molecule has 0 saturated heterocycles. The summed E-state index contributed by atoms with van der Waals surface area (Å²) in [6, 6.07) is 5.42. The van der Waals surface area contributed by atoms with Crippen LogP contribution in [0.5, 0.6) is 0 Å². The number of amides is 2. The van der Waals surface area contributed by atoms with Crippen LogP contribution in [-0.2, 0) is 11.2 Å². The van der Waals surface area contributed by atoms with Crippen LogP contribution in [0.1, 0.15) is 67.8 Å². The van der Waals surface area contributed by atoms with Crippen molar-refractivity contribution in [2.24, 2.45) is 23.2 Å². The van der Waals surface area contributed by atoms with Gasteiger partial charge in [-0.25, -0.2) is 0 Å². The summed E-state index contributed by atoms with van der Waals surface area (Å²) in [6.07, 6.45) is 9.18. The SMILES string of the molecule is C[C@@H](CO)N1CCc2c(NC(=O)CC34CC5CC(CC(C5)C3)C4)cccc2C1=O. The van der Waals surface area contributed by atoms with Crippen molar-refractivity contribution in [3.63, 3.8) is 0 Å². The van der Waals surface area contributed by atoms with Gasteiger partial charge in [-0.2, -0.15) is 0 Å². The summed E-state index contributed by atoms with van der Waals surface area (Å²) in [5.74, 6) is 2.59. The predicted molar refractivity (Wildman–Crippen MR) is 112 cm³/mol. The Morgan fingerprint density at radius 1 is 1.21 bits per heavy atom. The maximum Gasteiger partial charge on any atom is 0.254 e. The highest BCUT2D eigenvalue weighted by Crippen LogP contribution is 2.61. The first kappa shape index (κ1) is 19.1. The molecular weight excluding hydrogens is 364 g/mol. The summed E-state index contributed by atoms with van der Waals surface area (Å²) < 4.78 is 0. The smallest absolute Gasteiger partial charge is 0.254 e. The van der Waals surface area contributed by atoms with Gasteiger partial charge in [-0.05, 0) is 92.7 Å². The lowest BCUT2D eigenvalue weighted by molar-refractivity contribution is -0.124. The Kier molecular flexibility index (Phi) is 4.69. The van der Waals surface area contributed by atoms with E-state index in [1.807, 2.05) is 25.1 Å². The third-order valence-corrected chi connectivity index (χ3v) is 8.04. The lowest BCUT2D eigenvalue weighted by Crippen LogP contribution is -2.47. The van der Waals surface area contributed by atoms with E-state index in [0.717, 1.165) is 29.0 Å². The molecule has 0 aromatic heterocycles. The summed E-state index contributed by atoms with van der Waals surface area (Å²) in [6.45, 7) is 2.40. The normalized spacial score (nSPS) is 33.5. The zero-order chi connectivity index (χ0) is 20.2. The molecule has 2 amide bonds. The van der Waals surface area contributed by atoms with E-state index in [2.05, 4.69) is 5.32 Å². The second kappa shape index (κ2) is 7.12. The maximum atomic E-state index is 13.0. The van der Waals surface area contributed by atoms with E-state index in [1.54, 1.807) is 4.90 Å². The molecule has 0 radical (unpaired) electrons. The van der Waals surface area contributed by atoms with Crippen LogP contribution in [0.25, 0.3) is 0 Å². The molecular formula is C24H32N2O3. The number of hydrogen-bond acceptors (Lipinski definition) is 3. The fourth-order valence-corrected chi connectivity index (χ4v) is 7.22. The highest BCUT2D eigenvalue weighted by Gasteiger charge is 2.51. The van der Waals surface area contributed by atoms with Gasteiger partial charge in [0.2, 0.25) is 5.91 Å². The topological polar surface area (TPSA) is 69.6 Å². The van der Waals surface area contributed by atoms with Crippen LogP contribution in [0.2, 0.25) is 0 Å². The van der Waals surface area contributed by atoms with Gasteiger partial charge in [0.05, 0.1) is 12.6 Å². The molecule has 6 rings (SSSR count).